The summed E-state index contributed by atoms with van der Waals surface area (Å²) in [6.45, 7) is 4.61. The van der Waals surface area contributed by atoms with Gasteiger partial charge in [0.1, 0.15) is 0 Å². The molecule has 7 nitrogen and oxygen atoms in total. The zero-order chi connectivity index (χ0) is 21.1. The number of nitrogens with zero attached hydrogens (tertiary/aromatic N) is 1. The molecule has 0 unspecified atom stereocenters. The molecule has 0 radical (unpaired) electrons. The van der Waals surface area contributed by atoms with E-state index in [1.54, 1.807) is 18.2 Å². The van der Waals surface area contributed by atoms with Gasteiger partial charge in [0.25, 0.3) is 5.91 Å². The third-order valence-corrected chi connectivity index (χ3v) is 6.03. The lowest BCUT2D eigenvalue weighted by atomic mass is 10.1. The number of hydrogen-bond donors (Lipinski definition) is 3. The van der Waals surface area contributed by atoms with Crippen molar-refractivity contribution < 1.29 is 13.2 Å². The van der Waals surface area contributed by atoms with Crippen molar-refractivity contribution in [3.8, 4) is 0 Å². The highest BCUT2D eigenvalue weighted by Crippen LogP contribution is 2.10. The number of sulfone groups is 1. The third-order valence-electron chi connectivity index (χ3n) is 4.04. The molecule has 1 amide bonds. The molecular formula is C20H28N4O3S2. The minimum Gasteiger partial charge on any atom is -0.357 e. The molecule has 0 fully saturated rings. The maximum atomic E-state index is 11.9. The van der Waals surface area contributed by atoms with Gasteiger partial charge in [-0.05, 0) is 48.9 Å². The van der Waals surface area contributed by atoms with Gasteiger partial charge in [-0.25, -0.2) is 8.42 Å². The SMILES string of the molecule is CCNC(=NCCCNC(=O)c1cccs1)NCCc1ccc(S(C)(=O)=O)cc1. The lowest BCUT2D eigenvalue weighted by molar-refractivity contribution is 0.0957. The van der Waals surface area contributed by atoms with E-state index in [0.717, 1.165) is 30.9 Å². The number of aliphatic imine (C=N–C) groups is 1. The van der Waals surface area contributed by atoms with E-state index >= 15 is 0 Å². The van der Waals surface area contributed by atoms with Crippen LogP contribution < -0.4 is 16.0 Å². The summed E-state index contributed by atoms with van der Waals surface area (Å²) < 4.78 is 23.0. The van der Waals surface area contributed by atoms with E-state index in [1.165, 1.54) is 17.6 Å². The fourth-order valence-electron chi connectivity index (χ4n) is 2.54. The molecule has 0 aliphatic carbocycles. The van der Waals surface area contributed by atoms with Crippen molar-refractivity contribution in [2.45, 2.75) is 24.7 Å². The second kappa shape index (κ2) is 11.6. The van der Waals surface area contributed by atoms with Gasteiger partial charge in [0.2, 0.25) is 0 Å². The summed E-state index contributed by atoms with van der Waals surface area (Å²) in [5, 5.41) is 11.2. The van der Waals surface area contributed by atoms with Crippen LogP contribution in [0.4, 0.5) is 0 Å². The van der Waals surface area contributed by atoms with Gasteiger partial charge in [-0.3, -0.25) is 9.79 Å². The molecule has 2 aromatic rings. The molecule has 0 saturated heterocycles. The summed E-state index contributed by atoms with van der Waals surface area (Å²) in [4.78, 5) is 17.4. The van der Waals surface area contributed by atoms with Gasteiger partial charge in [0, 0.05) is 32.4 Å². The van der Waals surface area contributed by atoms with Crippen LogP contribution in [0.2, 0.25) is 0 Å². The Balaban J connectivity index is 1.72. The first-order valence-electron chi connectivity index (χ1n) is 9.53. The Bertz CT molecular complexity index is 892. The zero-order valence-corrected chi connectivity index (χ0v) is 18.4. The lowest BCUT2D eigenvalue weighted by Gasteiger charge is -2.11. The summed E-state index contributed by atoms with van der Waals surface area (Å²) in [5.74, 6) is 0.681. The van der Waals surface area contributed by atoms with Crippen molar-refractivity contribution >= 4 is 33.0 Å². The normalized spacial score (nSPS) is 11.9. The lowest BCUT2D eigenvalue weighted by Crippen LogP contribution is -2.38. The summed E-state index contributed by atoms with van der Waals surface area (Å²) >= 11 is 1.43. The van der Waals surface area contributed by atoms with Crippen molar-refractivity contribution in [2.75, 3.05) is 32.4 Å². The van der Waals surface area contributed by atoms with Gasteiger partial charge < -0.3 is 16.0 Å². The highest BCUT2D eigenvalue weighted by molar-refractivity contribution is 7.90. The molecule has 0 saturated carbocycles. The summed E-state index contributed by atoms with van der Waals surface area (Å²) in [6, 6.07) is 10.6. The zero-order valence-electron chi connectivity index (χ0n) is 16.8. The quantitative estimate of drug-likeness (QED) is 0.301. The number of hydrogen-bond acceptors (Lipinski definition) is 5. The second-order valence-corrected chi connectivity index (χ2v) is 9.40. The average Bonchev–Trinajstić information content (AvgIpc) is 3.22. The molecule has 0 aliphatic rings. The van der Waals surface area contributed by atoms with Crippen LogP contribution in [0.25, 0.3) is 0 Å². The van der Waals surface area contributed by atoms with Crippen LogP contribution in [-0.2, 0) is 16.3 Å². The van der Waals surface area contributed by atoms with Crippen LogP contribution in [0.15, 0.2) is 51.7 Å². The van der Waals surface area contributed by atoms with Gasteiger partial charge in [-0.1, -0.05) is 18.2 Å². The highest BCUT2D eigenvalue weighted by Gasteiger charge is 2.06. The molecule has 2 rings (SSSR count). The van der Waals surface area contributed by atoms with E-state index in [-0.39, 0.29) is 5.91 Å². The number of guanidine groups is 1. The van der Waals surface area contributed by atoms with E-state index in [2.05, 4.69) is 20.9 Å². The van der Waals surface area contributed by atoms with Gasteiger partial charge in [-0.2, -0.15) is 0 Å². The van der Waals surface area contributed by atoms with Gasteiger partial charge in [-0.15, -0.1) is 11.3 Å². The number of amides is 1. The molecule has 1 aromatic carbocycles. The molecule has 1 heterocycles. The molecule has 158 valence electrons. The Morgan fingerprint density at radius 2 is 1.83 bits per heavy atom. The second-order valence-electron chi connectivity index (χ2n) is 6.44. The maximum Gasteiger partial charge on any atom is 0.261 e. The summed E-state index contributed by atoms with van der Waals surface area (Å²) in [7, 11) is -3.16. The van der Waals surface area contributed by atoms with E-state index in [4.69, 9.17) is 0 Å². The van der Waals surface area contributed by atoms with Crippen molar-refractivity contribution in [2.24, 2.45) is 4.99 Å². The number of carbonyl (C=O) groups excluding carboxylic acids is 1. The van der Waals surface area contributed by atoms with E-state index < -0.39 is 9.84 Å². The first-order chi connectivity index (χ1) is 13.9. The minimum absolute atomic E-state index is 0.0455. The minimum atomic E-state index is -3.16. The Labute approximate surface area is 176 Å². The smallest absolute Gasteiger partial charge is 0.261 e. The Kier molecular flexibility index (Phi) is 9.14. The Morgan fingerprint density at radius 3 is 2.45 bits per heavy atom. The van der Waals surface area contributed by atoms with Crippen LogP contribution in [0, 0.1) is 0 Å². The van der Waals surface area contributed by atoms with Gasteiger partial charge >= 0.3 is 0 Å². The van der Waals surface area contributed by atoms with Crippen LogP contribution in [0.1, 0.15) is 28.6 Å². The van der Waals surface area contributed by atoms with Crippen molar-refractivity contribution in [1.29, 1.82) is 0 Å². The van der Waals surface area contributed by atoms with E-state index in [0.29, 0.717) is 29.4 Å². The fourth-order valence-corrected chi connectivity index (χ4v) is 3.81. The number of benzene rings is 1. The first kappa shape index (κ1) is 22.9. The summed E-state index contributed by atoms with van der Waals surface area (Å²) in [5.41, 5.74) is 1.05. The monoisotopic (exact) mass is 436 g/mol. The van der Waals surface area contributed by atoms with Crippen molar-refractivity contribution in [3.63, 3.8) is 0 Å². The van der Waals surface area contributed by atoms with E-state index in [1.807, 2.05) is 30.5 Å². The van der Waals surface area contributed by atoms with Crippen LogP contribution in [0.5, 0.6) is 0 Å². The molecule has 1 aromatic heterocycles. The standard InChI is InChI=1S/C20H28N4O3S2/c1-3-21-20(23-13-5-12-22-19(25)18-6-4-15-28-18)24-14-11-16-7-9-17(10-8-16)29(2,26)27/h4,6-10,15H,3,5,11-14H2,1-2H3,(H,22,25)(H2,21,23,24). The molecule has 0 spiro atoms. The first-order valence-corrected chi connectivity index (χ1v) is 12.3. The predicted molar refractivity (Wildman–Crippen MR) is 119 cm³/mol. The summed E-state index contributed by atoms with van der Waals surface area (Å²) in [6.07, 6.45) is 2.71. The molecule has 3 N–H and O–H groups in total. The number of rotatable bonds is 10. The van der Waals surface area contributed by atoms with Gasteiger partial charge in [0.05, 0.1) is 9.77 Å². The fraction of sp³-hybridized carbons (Fsp3) is 0.400. The van der Waals surface area contributed by atoms with Gasteiger partial charge in [0.15, 0.2) is 15.8 Å². The molecule has 29 heavy (non-hydrogen) atoms. The molecule has 9 heteroatoms. The molecular weight excluding hydrogens is 408 g/mol. The largest absolute Gasteiger partial charge is 0.357 e. The molecule has 0 bridgehead atoms. The third kappa shape index (κ3) is 8.25. The Hall–Kier alpha value is -2.39. The predicted octanol–water partition coefficient (Wildman–Crippen LogP) is 2.07. The maximum absolute atomic E-state index is 11.9. The number of thiophene rings is 1. The van der Waals surface area contributed by atoms with Crippen molar-refractivity contribution in [3.05, 3.63) is 52.2 Å². The number of nitrogens with one attached hydrogen (secondary N) is 3. The van der Waals surface area contributed by atoms with Crippen LogP contribution >= 0.6 is 11.3 Å². The molecule has 0 aliphatic heterocycles. The average molecular weight is 437 g/mol. The number of carbonyl (C=O) groups is 1. The Morgan fingerprint density at radius 1 is 1.07 bits per heavy atom. The van der Waals surface area contributed by atoms with Crippen LogP contribution in [0.3, 0.4) is 0 Å². The highest BCUT2D eigenvalue weighted by atomic mass is 32.2. The molecule has 0 atom stereocenters. The van der Waals surface area contributed by atoms with Crippen molar-refractivity contribution in [1.82, 2.24) is 16.0 Å². The van der Waals surface area contributed by atoms with E-state index in [9.17, 15) is 13.2 Å². The van der Waals surface area contributed by atoms with Crippen LogP contribution in [-0.4, -0.2) is 52.7 Å². The topological polar surface area (TPSA) is 99.7 Å².